The van der Waals surface area contributed by atoms with E-state index in [4.69, 9.17) is 17.0 Å². The lowest BCUT2D eigenvalue weighted by molar-refractivity contribution is -0.113. The molecule has 0 radical (unpaired) electrons. The lowest BCUT2D eigenvalue weighted by atomic mass is 10.00. The maximum absolute atomic E-state index is 12.3. The van der Waals surface area contributed by atoms with Crippen molar-refractivity contribution in [3.8, 4) is 0 Å². The fourth-order valence-corrected chi connectivity index (χ4v) is 4.85. The molecular formula is C18H26N2O3S3. The van der Waals surface area contributed by atoms with E-state index in [0.717, 1.165) is 46.6 Å². The molecule has 1 fully saturated rings. The second kappa shape index (κ2) is 9.71. The molecular weight excluding hydrogens is 388 g/mol. The zero-order valence-electron chi connectivity index (χ0n) is 15.7. The van der Waals surface area contributed by atoms with Crippen LogP contribution >= 0.6 is 35.3 Å². The summed E-state index contributed by atoms with van der Waals surface area (Å²) in [5.41, 5.74) is 1.31. The Labute approximate surface area is 168 Å². The first-order chi connectivity index (χ1) is 12.3. The van der Waals surface area contributed by atoms with Crippen LogP contribution in [0.2, 0.25) is 0 Å². The number of carbonyl (C=O) groups is 2. The second-order valence-electron chi connectivity index (χ2n) is 6.48. The molecule has 0 spiro atoms. The number of thioether (sulfide) groups is 1. The van der Waals surface area contributed by atoms with Crippen LogP contribution in [0.25, 0.3) is 0 Å². The van der Waals surface area contributed by atoms with E-state index in [-0.39, 0.29) is 11.7 Å². The van der Waals surface area contributed by atoms with E-state index in [0.29, 0.717) is 17.2 Å². The molecule has 1 N–H and O–H groups in total. The van der Waals surface area contributed by atoms with Crippen molar-refractivity contribution < 1.29 is 14.3 Å². The monoisotopic (exact) mass is 414 g/mol. The number of amides is 1. The van der Waals surface area contributed by atoms with Gasteiger partial charge in [-0.3, -0.25) is 4.79 Å². The van der Waals surface area contributed by atoms with Gasteiger partial charge in [0.15, 0.2) is 0 Å². The number of piperidine rings is 1. The number of nitrogens with zero attached hydrogens (tertiary/aromatic N) is 1. The van der Waals surface area contributed by atoms with Gasteiger partial charge >= 0.3 is 5.97 Å². The molecule has 0 aromatic carbocycles. The third-order valence-corrected chi connectivity index (χ3v) is 7.13. The minimum atomic E-state index is -0.393. The van der Waals surface area contributed by atoms with Gasteiger partial charge in [-0.2, -0.15) is 0 Å². The number of aryl methyl sites for hydroxylation is 1. The molecule has 0 aliphatic carbocycles. The fraction of sp³-hybridized carbons (Fsp3) is 0.611. The Kier molecular flexibility index (Phi) is 7.91. The van der Waals surface area contributed by atoms with Crippen molar-refractivity contribution >= 4 is 56.5 Å². The standard InChI is InChI=1S/C18H26N2O3S3/c1-5-23-17(22)15-12(3)13(4)26-16(15)19-14(21)10-25-18(24)20-8-6-11(2)7-9-20/h11H,5-10H2,1-4H3,(H,19,21). The molecule has 2 rings (SSSR count). The molecule has 8 heteroatoms. The SMILES string of the molecule is CCOC(=O)c1c(NC(=O)CSC(=S)N2CCC(C)CC2)sc(C)c1C. The van der Waals surface area contributed by atoms with Crippen molar-refractivity contribution in [1.82, 2.24) is 4.90 Å². The van der Waals surface area contributed by atoms with Gasteiger partial charge in [0.2, 0.25) is 5.91 Å². The van der Waals surface area contributed by atoms with Gasteiger partial charge in [0, 0.05) is 18.0 Å². The van der Waals surface area contributed by atoms with Gasteiger partial charge in [-0.1, -0.05) is 30.9 Å². The average Bonchev–Trinajstić information content (AvgIpc) is 2.87. The number of thiophene rings is 1. The second-order valence-corrected chi connectivity index (χ2v) is 9.31. The normalized spacial score (nSPS) is 15.0. The largest absolute Gasteiger partial charge is 0.462 e. The highest BCUT2D eigenvalue weighted by atomic mass is 32.2. The van der Waals surface area contributed by atoms with Gasteiger partial charge in [0.05, 0.1) is 17.9 Å². The zero-order chi connectivity index (χ0) is 19.3. The molecule has 144 valence electrons. The summed E-state index contributed by atoms with van der Waals surface area (Å²) in [5.74, 6) is 0.433. The topological polar surface area (TPSA) is 58.6 Å². The molecule has 0 atom stereocenters. The molecule has 1 saturated heterocycles. The molecule has 1 aliphatic heterocycles. The van der Waals surface area contributed by atoms with Crippen LogP contribution in [0.3, 0.4) is 0 Å². The van der Waals surface area contributed by atoms with Crippen LogP contribution in [0.4, 0.5) is 5.00 Å². The van der Waals surface area contributed by atoms with Gasteiger partial charge in [0.1, 0.15) is 9.32 Å². The minimum Gasteiger partial charge on any atom is -0.462 e. The number of rotatable bonds is 5. The molecule has 1 aliphatic rings. The van der Waals surface area contributed by atoms with Crippen LogP contribution in [0, 0.1) is 19.8 Å². The van der Waals surface area contributed by atoms with E-state index < -0.39 is 5.97 Å². The van der Waals surface area contributed by atoms with Crippen LogP contribution in [0.15, 0.2) is 0 Å². The molecule has 5 nitrogen and oxygen atoms in total. The van der Waals surface area contributed by atoms with Crippen LogP contribution in [-0.4, -0.2) is 46.5 Å². The highest BCUT2D eigenvalue weighted by Crippen LogP contribution is 2.33. The van der Waals surface area contributed by atoms with Crippen LogP contribution in [0.5, 0.6) is 0 Å². The first-order valence-corrected chi connectivity index (χ1v) is 11.0. The summed E-state index contributed by atoms with van der Waals surface area (Å²) in [6.07, 6.45) is 2.28. The summed E-state index contributed by atoms with van der Waals surface area (Å²) < 4.78 is 5.89. The van der Waals surface area contributed by atoms with Crippen molar-refractivity contribution in [2.45, 2.75) is 40.5 Å². The first-order valence-electron chi connectivity index (χ1n) is 8.82. The van der Waals surface area contributed by atoms with E-state index in [1.807, 2.05) is 13.8 Å². The Morgan fingerprint density at radius 3 is 2.62 bits per heavy atom. The van der Waals surface area contributed by atoms with Gasteiger partial charge in [0.25, 0.3) is 0 Å². The first kappa shape index (κ1) is 21.2. The number of likely N-dealkylation sites (tertiary alicyclic amines) is 1. The number of thiocarbonyl (C=S) groups is 1. The summed E-state index contributed by atoms with van der Waals surface area (Å²) in [7, 11) is 0. The van der Waals surface area contributed by atoms with Crippen LogP contribution in [0.1, 0.15) is 47.5 Å². The minimum absolute atomic E-state index is 0.158. The Morgan fingerprint density at radius 2 is 2.00 bits per heavy atom. The Bertz CT molecular complexity index is 679. The third kappa shape index (κ3) is 5.44. The summed E-state index contributed by atoms with van der Waals surface area (Å²) >= 11 is 8.24. The highest BCUT2D eigenvalue weighted by Gasteiger charge is 2.23. The molecule has 1 aromatic rings. The number of ether oxygens (including phenoxy) is 1. The lowest BCUT2D eigenvalue weighted by Crippen LogP contribution is -2.36. The summed E-state index contributed by atoms with van der Waals surface area (Å²) in [6, 6.07) is 0. The molecule has 0 bridgehead atoms. The molecule has 0 unspecified atom stereocenters. The van der Waals surface area contributed by atoms with E-state index in [2.05, 4.69) is 17.1 Å². The van der Waals surface area contributed by atoms with Crippen molar-refractivity contribution in [2.24, 2.45) is 5.92 Å². The van der Waals surface area contributed by atoms with Gasteiger partial charge in [-0.05, 0) is 45.1 Å². The number of hydrogen-bond acceptors (Lipinski definition) is 6. The number of anilines is 1. The predicted octanol–water partition coefficient (Wildman–Crippen LogP) is 4.23. The predicted molar refractivity (Wildman–Crippen MR) is 113 cm³/mol. The zero-order valence-corrected chi connectivity index (χ0v) is 18.2. The van der Waals surface area contributed by atoms with Gasteiger partial charge in [-0.25, -0.2) is 4.79 Å². The van der Waals surface area contributed by atoms with E-state index in [1.165, 1.54) is 23.1 Å². The maximum atomic E-state index is 12.3. The maximum Gasteiger partial charge on any atom is 0.341 e. The van der Waals surface area contributed by atoms with Gasteiger partial charge < -0.3 is 15.0 Å². The van der Waals surface area contributed by atoms with Gasteiger partial charge in [-0.15, -0.1) is 11.3 Å². The number of esters is 1. The third-order valence-electron chi connectivity index (χ3n) is 4.49. The average molecular weight is 415 g/mol. The van der Waals surface area contributed by atoms with Crippen LogP contribution in [-0.2, 0) is 9.53 Å². The molecule has 1 aromatic heterocycles. The van der Waals surface area contributed by atoms with E-state index in [1.54, 1.807) is 6.92 Å². The smallest absolute Gasteiger partial charge is 0.341 e. The fourth-order valence-electron chi connectivity index (χ4n) is 2.74. The van der Waals surface area contributed by atoms with Crippen LogP contribution < -0.4 is 5.32 Å². The number of hydrogen-bond donors (Lipinski definition) is 1. The molecule has 0 saturated carbocycles. The Hall–Kier alpha value is -1.12. The quantitative estimate of drug-likeness (QED) is 0.575. The summed E-state index contributed by atoms with van der Waals surface area (Å²) in [6.45, 7) is 10.1. The Morgan fingerprint density at radius 1 is 1.35 bits per heavy atom. The summed E-state index contributed by atoms with van der Waals surface area (Å²) in [4.78, 5) is 27.7. The molecule has 1 amide bonds. The molecule has 2 heterocycles. The summed E-state index contributed by atoms with van der Waals surface area (Å²) in [5, 5.41) is 3.41. The van der Waals surface area contributed by atoms with E-state index >= 15 is 0 Å². The molecule has 26 heavy (non-hydrogen) atoms. The highest BCUT2D eigenvalue weighted by molar-refractivity contribution is 8.23. The van der Waals surface area contributed by atoms with E-state index in [9.17, 15) is 9.59 Å². The van der Waals surface area contributed by atoms with Crippen molar-refractivity contribution in [3.63, 3.8) is 0 Å². The number of carbonyl (C=O) groups excluding carboxylic acids is 2. The van der Waals surface area contributed by atoms with Crippen molar-refractivity contribution in [2.75, 3.05) is 30.8 Å². The Balaban J connectivity index is 1.92. The number of nitrogens with one attached hydrogen (secondary N) is 1. The lowest BCUT2D eigenvalue weighted by Gasteiger charge is -2.31. The van der Waals surface area contributed by atoms with Crippen molar-refractivity contribution in [1.29, 1.82) is 0 Å². The van der Waals surface area contributed by atoms with Crippen molar-refractivity contribution in [3.05, 3.63) is 16.0 Å².